The van der Waals surface area contributed by atoms with Gasteiger partial charge in [-0.3, -0.25) is 15.0 Å². The highest BCUT2D eigenvalue weighted by Gasteiger charge is 2.36. The minimum Gasteiger partial charge on any atom is -0.360 e. The standard InChI is InChI=1S/C13H20N6O2/c14-17-12-5-4-11(19(20)21)13(16-12)15-9-6-8-18-7-2-1-3-10(9)18/h4-5,9-10H,1-3,6-8,14H2,(H2,15,16,17). The van der Waals surface area contributed by atoms with E-state index >= 15 is 0 Å². The Bertz CT molecular complexity index is 537. The molecule has 0 radical (unpaired) electrons. The third kappa shape index (κ3) is 2.77. The third-order valence-corrected chi connectivity index (χ3v) is 4.40. The number of aromatic nitrogens is 1. The maximum absolute atomic E-state index is 11.1. The Labute approximate surface area is 122 Å². The van der Waals surface area contributed by atoms with Crippen LogP contribution in [0.5, 0.6) is 0 Å². The highest BCUT2D eigenvalue weighted by Crippen LogP contribution is 2.31. The molecule has 114 valence electrons. The molecule has 3 rings (SSSR count). The summed E-state index contributed by atoms with van der Waals surface area (Å²) < 4.78 is 0. The van der Waals surface area contributed by atoms with Crippen LogP contribution in [0.4, 0.5) is 17.3 Å². The number of hydrogen-bond acceptors (Lipinski definition) is 7. The van der Waals surface area contributed by atoms with Gasteiger partial charge in [0, 0.05) is 24.7 Å². The molecule has 2 aliphatic heterocycles. The van der Waals surface area contributed by atoms with Gasteiger partial charge in [0.05, 0.1) is 4.92 Å². The van der Waals surface area contributed by atoms with Crippen LogP contribution in [-0.4, -0.2) is 40.0 Å². The molecule has 8 heteroatoms. The van der Waals surface area contributed by atoms with Gasteiger partial charge in [-0.15, -0.1) is 0 Å². The van der Waals surface area contributed by atoms with Crippen molar-refractivity contribution in [1.29, 1.82) is 0 Å². The fourth-order valence-electron chi connectivity index (χ4n) is 3.38. The molecule has 0 bridgehead atoms. The Balaban J connectivity index is 1.81. The van der Waals surface area contributed by atoms with Crippen LogP contribution in [0.1, 0.15) is 25.7 Å². The number of hydrogen-bond donors (Lipinski definition) is 3. The summed E-state index contributed by atoms with van der Waals surface area (Å²) in [6, 6.07) is 3.60. The lowest BCUT2D eigenvalue weighted by molar-refractivity contribution is -0.384. The predicted octanol–water partition coefficient (Wildman–Crippen LogP) is 1.31. The number of rotatable bonds is 4. The van der Waals surface area contributed by atoms with Crippen LogP contribution in [0.25, 0.3) is 0 Å². The van der Waals surface area contributed by atoms with Crippen LogP contribution in [0, 0.1) is 10.1 Å². The lowest BCUT2D eigenvalue weighted by atomic mass is 9.99. The molecule has 2 unspecified atom stereocenters. The Kier molecular flexibility index (Phi) is 3.89. The van der Waals surface area contributed by atoms with Gasteiger partial charge in [-0.1, -0.05) is 6.42 Å². The molecular weight excluding hydrogens is 272 g/mol. The molecule has 1 aromatic heterocycles. The highest BCUT2D eigenvalue weighted by molar-refractivity contribution is 5.60. The second-order valence-electron chi connectivity index (χ2n) is 5.60. The van der Waals surface area contributed by atoms with E-state index in [0.717, 1.165) is 25.9 Å². The monoisotopic (exact) mass is 292 g/mol. The zero-order valence-corrected chi connectivity index (χ0v) is 11.8. The van der Waals surface area contributed by atoms with Gasteiger partial charge in [-0.25, -0.2) is 10.8 Å². The van der Waals surface area contributed by atoms with E-state index in [1.54, 1.807) is 0 Å². The Morgan fingerprint density at radius 1 is 1.33 bits per heavy atom. The van der Waals surface area contributed by atoms with Gasteiger partial charge in [0.2, 0.25) is 5.82 Å². The minimum absolute atomic E-state index is 0.0109. The van der Waals surface area contributed by atoms with Crippen molar-refractivity contribution in [3.63, 3.8) is 0 Å². The van der Waals surface area contributed by atoms with E-state index in [4.69, 9.17) is 5.84 Å². The highest BCUT2D eigenvalue weighted by atomic mass is 16.6. The molecule has 0 aliphatic carbocycles. The first-order chi connectivity index (χ1) is 10.2. The van der Waals surface area contributed by atoms with Gasteiger partial charge in [0.1, 0.15) is 5.82 Å². The Hall–Kier alpha value is -1.93. The van der Waals surface area contributed by atoms with Gasteiger partial charge in [-0.05, 0) is 31.9 Å². The van der Waals surface area contributed by atoms with Crippen LogP contribution in [-0.2, 0) is 0 Å². The second kappa shape index (κ2) is 5.82. The van der Waals surface area contributed by atoms with Crippen LogP contribution >= 0.6 is 0 Å². The average molecular weight is 292 g/mol. The van der Waals surface area contributed by atoms with Gasteiger partial charge in [-0.2, -0.15) is 0 Å². The van der Waals surface area contributed by atoms with Crippen molar-refractivity contribution in [3.8, 4) is 0 Å². The molecule has 2 fully saturated rings. The molecule has 21 heavy (non-hydrogen) atoms. The van der Waals surface area contributed by atoms with Crippen LogP contribution in [0.2, 0.25) is 0 Å². The first-order valence-corrected chi connectivity index (χ1v) is 7.31. The van der Waals surface area contributed by atoms with E-state index in [2.05, 4.69) is 20.6 Å². The molecule has 2 aliphatic rings. The summed E-state index contributed by atoms with van der Waals surface area (Å²) in [7, 11) is 0. The summed E-state index contributed by atoms with van der Waals surface area (Å²) in [6.07, 6.45) is 4.59. The Morgan fingerprint density at radius 2 is 2.19 bits per heavy atom. The molecule has 0 saturated carbocycles. The maximum atomic E-state index is 11.1. The van der Waals surface area contributed by atoms with Crippen molar-refractivity contribution in [3.05, 3.63) is 22.2 Å². The molecule has 0 spiro atoms. The van der Waals surface area contributed by atoms with Crippen LogP contribution < -0.4 is 16.6 Å². The lowest BCUT2D eigenvalue weighted by Gasteiger charge is -2.32. The number of pyridine rings is 1. The molecule has 0 amide bonds. The molecule has 0 aromatic carbocycles. The van der Waals surface area contributed by atoms with E-state index in [1.807, 2.05) is 0 Å². The fraction of sp³-hybridized carbons (Fsp3) is 0.615. The number of fused-ring (bicyclic) bond motifs is 1. The SMILES string of the molecule is NNc1ccc([N+](=O)[O-])c(NC2CCN3CCCCC23)n1. The molecule has 3 heterocycles. The normalized spacial score (nSPS) is 25.4. The van der Waals surface area contributed by atoms with E-state index in [9.17, 15) is 10.1 Å². The van der Waals surface area contributed by atoms with Crippen molar-refractivity contribution in [2.75, 3.05) is 23.8 Å². The second-order valence-corrected chi connectivity index (χ2v) is 5.60. The number of piperidine rings is 1. The number of nitrogen functional groups attached to an aromatic ring is 1. The largest absolute Gasteiger partial charge is 0.360 e. The summed E-state index contributed by atoms with van der Waals surface area (Å²) in [4.78, 5) is 17.4. The first-order valence-electron chi connectivity index (χ1n) is 7.31. The summed E-state index contributed by atoms with van der Waals surface area (Å²) in [5.74, 6) is 6.06. The summed E-state index contributed by atoms with van der Waals surface area (Å²) in [6.45, 7) is 2.17. The average Bonchev–Trinajstić information content (AvgIpc) is 2.90. The number of hydrazine groups is 1. The number of anilines is 2. The van der Waals surface area contributed by atoms with E-state index < -0.39 is 4.92 Å². The molecule has 2 atom stereocenters. The number of nitrogens with zero attached hydrogens (tertiary/aromatic N) is 3. The number of nitrogens with one attached hydrogen (secondary N) is 2. The zero-order chi connectivity index (χ0) is 14.8. The topological polar surface area (TPSA) is 109 Å². The molecule has 1 aromatic rings. The van der Waals surface area contributed by atoms with Crippen molar-refractivity contribution in [2.24, 2.45) is 5.84 Å². The minimum atomic E-state index is -0.413. The van der Waals surface area contributed by atoms with Gasteiger partial charge in [0.25, 0.3) is 0 Å². The summed E-state index contributed by atoms with van der Waals surface area (Å²) in [5, 5.41) is 14.4. The van der Waals surface area contributed by atoms with E-state index in [1.165, 1.54) is 25.0 Å². The maximum Gasteiger partial charge on any atom is 0.311 e. The summed E-state index contributed by atoms with van der Waals surface area (Å²) >= 11 is 0. The van der Waals surface area contributed by atoms with Gasteiger partial charge in [0.15, 0.2) is 0 Å². The first kappa shape index (κ1) is 14.0. The van der Waals surface area contributed by atoms with Crippen molar-refractivity contribution in [2.45, 2.75) is 37.8 Å². The van der Waals surface area contributed by atoms with E-state index in [0.29, 0.717) is 17.7 Å². The van der Waals surface area contributed by atoms with Crippen molar-refractivity contribution in [1.82, 2.24) is 9.88 Å². The van der Waals surface area contributed by atoms with Gasteiger partial charge < -0.3 is 10.7 Å². The number of nitro groups is 1. The van der Waals surface area contributed by atoms with Crippen LogP contribution in [0.15, 0.2) is 12.1 Å². The summed E-state index contributed by atoms with van der Waals surface area (Å²) in [5.41, 5.74) is 2.42. The van der Waals surface area contributed by atoms with Crippen molar-refractivity contribution >= 4 is 17.3 Å². The zero-order valence-electron chi connectivity index (χ0n) is 11.8. The smallest absolute Gasteiger partial charge is 0.311 e. The van der Waals surface area contributed by atoms with Crippen LogP contribution in [0.3, 0.4) is 0 Å². The quantitative estimate of drug-likeness (QED) is 0.436. The predicted molar refractivity (Wildman–Crippen MR) is 79.9 cm³/mol. The third-order valence-electron chi connectivity index (χ3n) is 4.40. The molecule has 8 nitrogen and oxygen atoms in total. The van der Waals surface area contributed by atoms with Gasteiger partial charge >= 0.3 is 5.69 Å². The number of nitrogens with two attached hydrogens (primary N) is 1. The fourth-order valence-corrected chi connectivity index (χ4v) is 3.38. The lowest BCUT2D eigenvalue weighted by Crippen LogP contribution is -2.41. The molecule has 2 saturated heterocycles. The van der Waals surface area contributed by atoms with E-state index in [-0.39, 0.29) is 11.7 Å². The molecule has 4 N–H and O–H groups in total. The van der Waals surface area contributed by atoms with Crippen molar-refractivity contribution < 1.29 is 4.92 Å². The Morgan fingerprint density at radius 3 is 2.95 bits per heavy atom. The molecular formula is C13H20N6O2.